The summed E-state index contributed by atoms with van der Waals surface area (Å²) >= 11 is 0. The summed E-state index contributed by atoms with van der Waals surface area (Å²) < 4.78 is 0. The van der Waals surface area contributed by atoms with Crippen molar-refractivity contribution >= 4 is 28.3 Å². The van der Waals surface area contributed by atoms with E-state index in [0.29, 0.717) is 5.69 Å². The maximum Gasteiger partial charge on any atom is 0.253 e. The number of hydrogen-bond donors (Lipinski definition) is 0. The minimum Gasteiger partial charge on any atom is -0.274 e. The first-order valence-corrected chi connectivity index (χ1v) is 10.6. The van der Waals surface area contributed by atoms with Crippen molar-refractivity contribution in [3.05, 3.63) is 77.9 Å². The third-order valence-corrected chi connectivity index (χ3v) is 6.83. The normalized spacial score (nSPS) is 26.6. The molecule has 30 heavy (non-hydrogen) atoms. The van der Waals surface area contributed by atoms with Gasteiger partial charge in [0.2, 0.25) is 5.91 Å². The largest absolute Gasteiger partial charge is 0.274 e. The van der Waals surface area contributed by atoms with E-state index in [1.165, 1.54) is 10.5 Å². The van der Waals surface area contributed by atoms with Crippen LogP contribution in [0.1, 0.15) is 23.6 Å². The molecule has 3 saturated heterocycles. The topological polar surface area (TPSA) is 43.9 Å². The molecule has 3 aliphatic heterocycles. The molecule has 3 heterocycles. The van der Waals surface area contributed by atoms with Gasteiger partial charge in [-0.05, 0) is 30.4 Å². The highest BCUT2D eigenvalue weighted by atomic mass is 16.2. The molecular formula is C25H23N3O2. The molecular weight excluding hydrogens is 374 g/mol. The fraction of sp³-hybridized carbons (Fsp3) is 0.280. The van der Waals surface area contributed by atoms with Gasteiger partial charge in [0, 0.05) is 18.5 Å². The predicted octanol–water partition coefficient (Wildman–Crippen LogP) is 3.68. The maximum absolute atomic E-state index is 13.8. The quantitative estimate of drug-likeness (QED) is 0.619. The number of aryl methyl sites for hydroxylation is 1. The third kappa shape index (κ3) is 2.36. The molecule has 150 valence electrons. The number of hydrogen-bond acceptors (Lipinski definition) is 4. The zero-order chi connectivity index (χ0) is 20.4. The van der Waals surface area contributed by atoms with Crippen LogP contribution in [0.4, 0.5) is 5.69 Å². The average molecular weight is 397 g/mol. The van der Waals surface area contributed by atoms with E-state index < -0.39 is 6.04 Å². The van der Waals surface area contributed by atoms with Gasteiger partial charge in [-0.25, -0.2) is 14.9 Å². The highest BCUT2D eigenvalue weighted by molar-refractivity contribution is 6.26. The molecule has 3 fully saturated rings. The first kappa shape index (κ1) is 17.8. The first-order chi connectivity index (χ1) is 14.6. The molecule has 3 aromatic rings. The molecule has 0 aliphatic carbocycles. The lowest BCUT2D eigenvalue weighted by atomic mass is 9.89. The second kappa shape index (κ2) is 6.49. The van der Waals surface area contributed by atoms with Gasteiger partial charge in [0.05, 0.1) is 17.6 Å². The molecule has 2 amide bonds. The average Bonchev–Trinajstić information content (AvgIpc) is 3.41. The van der Waals surface area contributed by atoms with Crippen LogP contribution in [-0.4, -0.2) is 41.0 Å². The van der Waals surface area contributed by atoms with Crippen LogP contribution in [0.3, 0.4) is 0 Å². The molecule has 0 radical (unpaired) electrons. The van der Waals surface area contributed by atoms with Gasteiger partial charge >= 0.3 is 0 Å². The first-order valence-electron chi connectivity index (χ1n) is 10.6. The van der Waals surface area contributed by atoms with Crippen LogP contribution < -0.4 is 4.90 Å². The van der Waals surface area contributed by atoms with Crippen LogP contribution in [0.2, 0.25) is 0 Å². The standard InChI is InChI=1S/C25H23N3O2/c1-16-10-12-18(13-11-16)22-21-23(27-15-5-14-26(22)27)25(30)28(24(21)29)20-9-4-7-17-6-2-3-8-19(17)20/h2-4,6-13,21-23H,5,14-15H2,1H3/t21-,22+,23+/m0/s1. The highest BCUT2D eigenvalue weighted by Gasteiger charge is 2.62. The van der Waals surface area contributed by atoms with E-state index >= 15 is 0 Å². The minimum atomic E-state index is -0.412. The zero-order valence-corrected chi connectivity index (χ0v) is 16.9. The second-order valence-electron chi connectivity index (χ2n) is 8.52. The number of benzene rings is 3. The van der Waals surface area contributed by atoms with Gasteiger partial charge in [0.1, 0.15) is 6.04 Å². The van der Waals surface area contributed by atoms with Crippen molar-refractivity contribution in [2.45, 2.75) is 25.4 Å². The van der Waals surface area contributed by atoms with E-state index in [0.717, 1.165) is 35.8 Å². The minimum absolute atomic E-state index is 0.0821. The highest BCUT2D eigenvalue weighted by Crippen LogP contribution is 2.49. The second-order valence-corrected chi connectivity index (χ2v) is 8.52. The fourth-order valence-corrected chi connectivity index (χ4v) is 5.52. The smallest absolute Gasteiger partial charge is 0.253 e. The Morgan fingerprint density at radius 3 is 2.27 bits per heavy atom. The van der Waals surface area contributed by atoms with Gasteiger partial charge in [0.25, 0.3) is 5.91 Å². The molecule has 3 aromatic carbocycles. The molecule has 5 nitrogen and oxygen atoms in total. The fourth-order valence-electron chi connectivity index (χ4n) is 5.52. The van der Waals surface area contributed by atoms with Gasteiger partial charge < -0.3 is 0 Å². The van der Waals surface area contributed by atoms with Crippen molar-refractivity contribution in [1.29, 1.82) is 0 Å². The van der Waals surface area contributed by atoms with Crippen LogP contribution in [0.5, 0.6) is 0 Å². The van der Waals surface area contributed by atoms with Crippen LogP contribution in [-0.2, 0) is 9.59 Å². The number of amides is 2. The third-order valence-electron chi connectivity index (χ3n) is 6.83. The van der Waals surface area contributed by atoms with Crippen LogP contribution in [0.25, 0.3) is 10.8 Å². The number of anilines is 1. The Bertz CT molecular complexity index is 1170. The van der Waals surface area contributed by atoms with Crippen molar-refractivity contribution in [2.24, 2.45) is 5.92 Å². The van der Waals surface area contributed by atoms with Crippen molar-refractivity contribution in [1.82, 2.24) is 10.0 Å². The van der Waals surface area contributed by atoms with Gasteiger partial charge in [-0.1, -0.05) is 66.2 Å². The molecule has 0 bridgehead atoms. The van der Waals surface area contributed by atoms with Crippen LogP contribution in [0, 0.1) is 12.8 Å². The SMILES string of the molecule is Cc1ccc([C@@H]2[C@@H]3C(=O)N(c4cccc5ccccc45)C(=O)[C@@H]3N3CCCN23)cc1. The summed E-state index contributed by atoms with van der Waals surface area (Å²) in [6, 6.07) is 21.7. The molecule has 0 N–H and O–H groups in total. The van der Waals surface area contributed by atoms with E-state index in [1.807, 2.05) is 42.5 Å². The van der Waals surface area contributed by atoms with Gasteiger partial charge in [-0.15, -0.1) is 0 Å². The van der Waals surface area contributed by atoms with Crippen LogP contribution in [0.15, 0.2) is 66.7 Å². The molecule has 5 heteroatoms. The van der Waals surface area contributed by atoms with Crippen LogP contribution >= 0.6 is 0 Å². The Morgan fingerprint density at radius 1 is 0.767 bits per heavy atom. The van der Waals surface area contributed by atoms with Gasteiger partial charge in [0.15, 0.2) is 0 Å². The number of imide groups is 1. The summed E-state index contributed by atoms with van der Waals surface area (Å²) in [6.45, 7) is 3.78. The monoisotopic (exact) mass is 397 g/mol. The Balaban J connectivity index is 1.48. The maximum atomic E-state index is 13.8. The predicted molar refractivity (Wildman–Crippen MR) is 116 cm³/mol. The number of carbonyl (C=O) groups is 2. The molecule has 6 rings (SSSR count). The van der Waals surface area contributed by atoms with E-state index in [1.54, 1.807) is 0 Å². The Labute approximate surface area is 175 Å². The lowest BCUT2D eigenvalue weighted by Crippen LogP contribution is -2.44. The Kier molecular flexibility index (Phi) is 3.85. The number of hydrazine groups is 1. The Hall–Kier alpha value is -3.02. The number of carbonyl (C=O) groups excluding carboxylic acids is 2. The van der Waals surface area contributed by atoms with Crippen molar-refractivity contribution in [2.75, 3.05) is 18.0 Å². The molecule has 0 spiro atoms. The summed E-state index contributed by atoms with van der Waals surface area (Å²) in [5.41, 5.74) is 3.00. The van der Waals surface area contributed by atoms with Crippen molar-refractivity contribution in [3.63, 3.8) is 0 Å². The summed E-state index contributed by atoms with van der Waals surface area (Å²) in [5, 5.41) is 6.38. The molecule has 3 atom stereocenters. The van der Waals surface area contributed by atoms with Gasteiger partial charge in [-0.3, -0.25) is 9.59 Å². The molecule has 0 aromatic heterocycles. The number of nitrogens with zero attached hydrogens (tertiary/aromatic N) is 3. The molecule has 3 aliphatic rings. The lowest BCUT2D eigenvalue weighted by molar-refractivity contribution is -0.126. The van der Waals surface area contributed by atoms with Crippen molar-refractivity contribution < 1.29 is 9.59 Å². The van der Waals surface area contributed by atoms with E-state index in [9.17, 15) is 9.59 Å². The Morgan fingerprint density at radius 2 is 1.47 bits per heavy atom. The van der Waals surface area contributed by atoms with Crippen molar-refractivity contribution in [3.8, 4) is 0 Å². The molecule has 0 saturated carbocycles. The van der Waals surface area contributed by atoms with Gasteiger partial charge in [-0.2, -0.15) is 0 Å². The lowest BCUT2D eigenvalue weighted by Gasteiger charge is -2.30. The summed E-state index contributed by atoms with van der Waals surface area (Å²) in [4.78, 5) is 28.9. The number of rotatable bonds is 2. The van der Waals surface area contributed by atoms with E-state index in [-0.39, 0.29) is 23.8 Å². The number of fused-ring (bicyclic) bond motifs is 4. The van der Waals surface area contributed by atoms with E-state index in [4.69, 9.17) is 0 Å². The summed E-state index contributed by atoms with van der Waals surface area (Å²) in [7, 11) is 0. The zero-order valence-electron chi connectivity index (χ0n) is 16.9. The molecule has 0 unspecified atom stereocenters. The summed E-state index contributed by atoms with van der Waals surface area (Å²) in [6.07, 6.45) is 1.02. The van der Waals surface area contributed by atoms with E-state index in [2.05, 4.69) is 41.2 Å². The summed E-state index contributed by atoms with van der Waals surface area (Å²) in [5.74, 6) is -0.552.